The van der Waals surface area contributed by atoms with Gasteiger partial charge in [0.05, 0.1) is 5.56 Å². The highest BCUT2D eigenvalue weighted by Gasteiger charge is 2.21. The standard InChI is InChI=1S/C28H26NO/c1-18(2)20-10-12-21(13-11-20)22-14-16-25(29(4)17-22)27-19(3)9-15-24-23-7-5-6-8-26(23)30-28(24)27/h5-18H,1-4H3/q+1/i18D. The Morgan fingerprint density at radius 1 is 0.833 bits per heavy atom. The van der Waals surface area contributed by atoms with Crippen molar-refractivity contribution in [2.45, 2.75) is 26.7 Å². The average molecular weight is 394 g/mol. The van der Waals surface area contributed by atoms with Crippen LogP contribution in [0.3, 0.4) is 0 Å². The molecule has 2 heteroatoms. The molecular formula is C28H26NO+. The highest BCUT2D eigenvalue weighted by Crippen LogP contribution is 2.37. The largest absolute Gasteiger partial charge is 0.455 e. The van der Waals surface area contributed by atoms with E-state index in [-0.39, 0.29) is 0 Å². The Balaban J connectivity index is 1.62. The summed E-state index contributed by atoms with van der Waals surface area (Å²) in [6, 6.07) is 25.2. The zero-order valence-electron chi connectivity index (χ0n) is 18.9. The molecule has 30 heavy (non-hydrogen) atoms. The molecular weight excluding hydrogens is 366 g/mol. The van der Waals surface area contributed by atoms with Crippen LogP contribution in [0.2, 0.25) is 0 Å². The lowest BCUT2D eigenvalue weighted by atomic mass is 9.98. The summed E-state index contributed by atoms with van der Waals surface area (Å²) in [5.74, 6) is -0.587. The van der Waals surface area contributed by atoms with Crippen LogP contribution in [0.1, 0.15) is 32.2 Å². The first-order chi connectivity index (χ1) is 14.8. The number of hydrogen-bond acceptors (Lipinski definition) is 1. The summed E-state index contributed by atoms with van der Waals surface area (Å²) >= 11 is 0. The number of hydrogen-bond donors (Lipinski definition) is 0. The van der Waals surface area contributed by atoms with Gasteiger partial charge in [-0.2, -0.15) is 0 Å². The Morgan fingerprint density at radius 3 is 2.30 bits per heavy atom. The summed E-state index contributed by atoms with van der Waals surface area (Å²) in [6.45, 7) is 5.97. The Labute approximate surface area is 178 Å². The van der Waals surface area contributed by atoms with Crippen LogP contribution in [-0.2, 0) is 7.05 Å². The smallest absolute Gasteiger partial charge is 0.216 e. The van der Waals surface area contributed by atoms with Crippen molar-refractivity contribution in [3.63, 3.8) is 0 Å². The fourth-order valence-electron chi connectivity index (χ4n) is 4.24. The van der Waals surface area contributed by atoms with Gasteiger partial charge >= 0.3 is 0 Å². The van der Waals surface area contributed by atoms with E-state index in [9.17, 15) is 0 Å². The summed E-state index contributed by atoms with van der Waals surface area (Å²) in [5.41, 5.74) is 8.61. The van der Waals surface area contributed by atoms with E-state index >= 15 is 0 Å². The fourth-order valence-corrected chi connectivity index (χ4v) is 4.24. The first kappa shape index (κ1) is 17.5. The second kappa shape index (κ2) is 7.14. The Bertz CT molecular complexity index is 1420. The number of rotatable bonds is 3. The maximum absolute atomic E-state index is 8.22. The third kappa shape index (κ3) is 3.00. The van der Waals surface area contributed by atoms with E-state index in [4.69, 9.17) is 5.79 Å². The van der Waals surface area contributed by atoms with Crippen molar-refractivity contribution < 1.29 is 10.4 Å². The van der Waals surface area contributed by atoms with Crippen LogP contribution in [-0.4, -0.2) is 0 Å². The van der Waals surface area contributed by atoms with Crippen LogP contribution in [0.25, 0.3) is 44.3 Å². The summed E-state index contributed by atoms with van der Waals surface area (Å²) in [7, 11) is 2.08. The minimum absolute atomic E-state index is 0.587. The van der Waals surface area contributed by atoms with E-state index in [1.165, 1.54) is 5.56 Å². The SMILES string of the molecule is [2H]C(C)(C)c1ccc(-c2ccc(-c3c(C)ccc4c3oc3ccccc34)[n+](C)c2)cc1. The highest BCUT2D eigenvalue weighted by atomic mass is 16.3. The number of fused-ring (bicyclic) bond motifs is 3. The van der Waals surface area contributed by atoms with Crippen molar-refractivity contribution in [2.24, 2.45) is 7.05 Å². The quantitative estimate of drug-likeness (QED) is 0.297. The molecule has 0 fully saturated rings. The van der Waals surface area contributed by atoms with E-state index in [0.717, 1.165) is 49.9 Å². The molecule has 0 aliphatic rings. The van der Waals surface area contributed by atoms with Gasteiger partial charge in [0.15, 0.2) is 6.20 Å². The molecule has 2 heterocycles. The highest BCUT2D eigenvalue weighted by molar-refractivity contribution is 6.09. The Hall–Kier alpha value is -3.39. The van der Waals surface area contributed by atoms with Crippen molar-refractivity contribution in [2.75, 3.05) is 0 Å². The van der Waals surface area contributed by atoms with E-state index < -0.39 is 5.89 Å². The van der Waals surface area contributed by atoms with Gasteiger partial charge in [-0.15, -0.1) is 0 Å². The molecule has 0 saturated heterocycles. The molecule has 0 aliphatic heterocycles. The van der Waals surface area contributed by atoms with Gasteiger partial charge in [-0.05, 0) is 41.6 Å². The number of pyridine rings is 1. The minimum Gasteiger partial charge on any atom is -0.455 e. The van der Waals surface area contributed by atoms with Crippen LogP contribution in [0.15, 0.2) is 83.4 Å². The second-order valence-electron chi connectivity index (χ2n) is 8.22. The van der Waals surface area contributed by atoms with Crippen LogP contribution in [0.4, 0.5) is 0 Å². The van der Waals surface area contributed by atoms with Gasteiger partial charge in [-0.25, -0.2) is 4.57 Å². The van der Waals surface area contributed by atoms with Gasteiger partial charge < -0.3 is 4.42 Å². The van der Waals surface area contributed by atoms with Crippen LogP contribution in [0.5, 0.6) is 0 Å². The van der Waals surface area contributed by atoms with E-state index in [1.807, 2.05) is 26.0 Å². The minimum atomic E-state index is -0.587. The van der Waals surface area contributed by atoms with Gasteiger partial charge in [-0.3, -0.25) is 0 Å². The van der Waals surface area contributed by atoms with Crippen molar-refractivity contribution in [1.29, 1.82) is 0 Å². The lowest BCUT2D eigenvalue weighted by molar-refractivity contribution is -0.659. The Kier molecular flexibility index (Phi) is 4.16. The van der Waals surface area contributed by atoms with E-state index in [1.54, 1.807) is 0 Å². The predicted molar refractivity (Wildman–Crippen MR) is 125 cm³/mol. The molecule has 0 radical (unpaired) electrons. The molecule has 0 N–H and O–H groups in total. The monoisotopic (exact) mass is 393 g/mol. The molecule has 0 aliphatic carbocycles. The third-order valence-electron chi connectivity index (χ3n) is 5.94. The predicted octanol–water partition coefficient (Wildman–Crippen LogP) is 7.18. The number of para-hydroxylation sites is 1. The molecule has 2 nitrogen and oxygen atoms in total. The topological polar surface area (TPSA) is 17.0 Å². The molecule has 5 rings (SSSR count). The lowest BCUT2D eigenvalue weighted by Gasteiger charge is -2.09. The Morgan fingerprint density at radius 2 is 1.57 bits per heavy atom. The van der Waals surface area contributed by atoms with Crippen molar-refractivity contribution in [3.8, 4) is 22.4 Å². The van der Waals surface area contributed by atoms with Crippen molar-refractivity contribution in [3.05, 3.63) is 90.1 Å². The van der Waals surface area contributed by atoms with E-state index in [0.29, 0.717) is 0 Å². The maximum Gasteiger partial charge on any atom is 0.216 e. The third-order valence-corrected chi connectivity index (χ3v) is 5.94. The van der Waals surface area contributed by atoms with E-state index in [2.05, 4.69) is 85.4 Å². The van der Waals surface area contributed by atoms with Gasteiger partial charge in [-0.1, -0.05) is 68.4 Å². The molecule has 0 bridgehead atoms. The molecule has 0 unspecified atom stereocenters. The van der Waals surface area contributed by atoms with Gasteiger partial charge in [0.1, 0.15) is 18.2 Å². The van der Waals surface area contributed by atoms with Gasteiger partial charge in [0.25, 0.3) is 0 Å². The lowest BCUT2D eigenvalue weighted by Crippen LogP contribution is -2.31. The number of furan rings is 1. The molecule has 0 spiro atoms. The number of benzene rings is 3. The molecule has 148 valence electrons. The fraction of sp³-hybridized carbons (Fsp3) is 0.179. The molecule has 3 aromatic carbocycles. The summed E-state index contributed by atoms with van der Waals surface area (Å²) in [5, 5.41) is 2.30. The zero-order chi connectivity index (χ0) is 21.8. The molecule has 0 atom stereocenters. The van der Waals surface area contributed by atoms with Crippen LogP contribution in [0, 0.1) is 6.92 Å². The summed E-state index contributed by atoms with van der Waals surface area (Å²) in [4.78, 5) is 0. The van der Waals surface area contributed by atoms with Gasteiger partial charge in [0, 0.05) is 23.8 Å². The summed E-state index contributed by atoms with van der Waals surface area (Å²) < 4.78 is 16.7. The second-order valence-corrected chi connectivity index (χ2v) is 8.22. The molecule has 0 amide bonds. The zero-order valence-corrected chi connectivity index (χ0v) is 17.9. The van der Waals surface area contributed by atoms with Crippen LogP contribution < -0.4 is 4.57 Å². The average Bonchev–Trinajstić information content (AvgIpc) is 3.12. The van der Waals surface area contributed by atoms with Crippen molar-refractivity contribution in [1.82, 2.24) is 0 Å². The molecule has 2 aromatic heterocycles. The number of aryl methyl sites for hydroxylation is 2. The first-order valence-electron chi connectivity index (χ1n) is 10.8. The summed E-state index contributed by atoms with van der Waals surface area (Å²) in [6.07, 6.45) is 2.16. The first-order valence-corrected chi connectivity index (χ1v) is 10.3. The van der Waals surface area contributed by atoms with Gasteiger partial charge in [0.2, 0.25) is 5.69 Å². The number of nitrogens with zero attached hydrogens (tertiary/aromatic N) is 1. The molecule has 0 saturated carbocycles. The van der Waals surface area contributed by atoms with Crippen LogP contribution >= 0.6 is 0 Å². The number of aromatic nitrogens is 1. The maximum atomic E-state index is 8.22. The molecule has 5 aromatic rings. The van der Waals surface area contributed by atoms with Crippen molar-refractivity contribution >= 4 is 21.9 Å². The normalized spacial score (nSPS) is 12.5.